The molecule has 1 fully saturated rings. The Morgan fingerprint density at radius 2 is 2.07 bits per heavy atom. The van der Waals surface area contributed by atoms with Crippen molar-refractivity contribution in [2.75, 3.05) is 13.7 Å². The Labute approximate surface area is 86.1 Å². The molecule has 1 heterocycles. The Hall–Kier alpha value is -0.760. The van der Waals surface area contributed by atoms with E-state index in [0.717, 1.165) is 0 Å². The van der Waals surface area contributed by atoms with Gasteiger partial charge in [0, 0.05) is 7.05 Å². The average Bonchev–Trinajstić information content (AvgIpc) is 2.25. The number of hydrogen-bond acceptors (Lipinski definition) is 5. The van der Waals surface area contributed by atoms with Crippen molar-refractivity contribution in [3.63, 3.8) is 0 Å². The first-order chi connectivity index (χ1) is 7.02. The molecule has 7 heteroatoms. The van der Waals surface area contributed by atoms with E-state index in [1.54, 1.807) is 0 Å². The normalized spacial score (nSPS) is 41.3. The van der Waals surface area contributed by atoms with E-state index < -0.39 is 43.0 Å². The first-order valence-corrected chi connectivity index (χ1v) is 4.61. The summed E-state index contributed by atoms with van der Waals surface area (Å²) >= 11 is 0. The van der Waals surface area contributed by atoms with Crippen molar-refractivity contribution >= 4 is 5.91 Å². The van der Waals surface area contributed by atoms with Gasteiger partial charge < -0.3 is 20.6 Å². The summed E-state index contributed by atoms with van der Waals surface area (Å²) in [4.78, 5) is 11.2. The molecule has 0 aromatic carbocycles. The van der Waals surface area contributed by atoms with Crippen LogP contribution in [-0.4, -0.2) is 65.3 Å². The third-order valence-electron chi connectivity index (χ3n) is 2.53. The van der Waals surface area contributed by atoms with Crippen molar-refractivity contribution in [3.8, 4) is 0 Å². The minimum atomic E-state index is -1.95. The number of halogens is 1. The molecule has 5 N–H and O–H groups in total. The molecule has 0 aromatic heterocycles. The maximum absolute atomic E-state index is 13.3. The number of piperidine rings is 1. The van der Waals surface area contributed by atoms with Crippen LogP contribution in [-0.2, 0) is 4.79 Å². The number of carbonyl (C=O) groups excluding carboxylic acids is 1. The molecule has 1 aliphatic heterocycles. The van der Waals surface area contributed by atoms with E-state index in [9.17, 15) is 19.4 Å². The maximum atomic E-state index is 13.3. The molecule has 0 radical (unpaired) electrons. The highest BCUT2D eigenvalue weighted by atomic mass is 19.1. The maximum Gasteiger partial charge on any atom is 0.239 e. The molecule has 0 bridgehead atoms. The fourth-order valence-corrected chi connectivity index (χ4v) is 1.58. The number of rotatable bonds is 2. The summed E-state index contributed by atoms with van der Waals surface area (Å²) in [6.45, 7) is -0.512. The molecule has 1 unspecified atom stereocenters. The number of aliphatic hydroxyl groups excluding tert-OH is 3. The molecule has 1 saturated heterocycles. The molecule has 6 nitrogen and oxygen atoms in total. The van der Waals surface area contributed by atoms with Gasteiger partial charge in [-0.05, 0) is 0 Å². The van der Waals surface area contributed by atoms with Crippen LogP contribution in [0.5, 0.6) is 0 Å². The van der Waals surface area contributed by atoms with Crippen LogP contribution < -0.4 is 10.6 Å². The van der Waals surface area contributed by atoms with Crippen molar-refractivity contribution in [1.29, 1.82) is 0 Å². The Morgan fingerprint density at radius 1 is 1.47 bits per heavy atom. The van der Waals surface area contributed by atoms with E-state index in [-0.39, 0.29) is 0 Å². The van der Waals surface area contributed by atoms with Gasteiger partial charge in [0.05, 0.1) is 12.6 Å². The highest BCUT2D eigenvalue weighted by Gasteiger charge is 2.45. The molecule has 5 atom stereocenters. The Kier molecular flexibility index (Phi) is 3.97. The minimum absolute atomic E-state index is 0.512. The standard InChI is InChI=1S/C8H15FN2O4/c1-10-8(15)5-7(14)4(9)6(13)3(2-12)11-5/h3-7,11-14H,2H2,1H3,(H,10,15)/t3-,4+,5+,6-,7?/m1/s1. The summed E-state index contributed by atoms with van der Waals surface area (Å²) in [5, 5.41) is 32.2. The minimum Gasteiger partial charge on any atom is -0.395 e. The highest BCUT2D eigenvalue weighted by Crippen LogP contribution is 2.18. The second-order valence-corrected chi connectivity index (χ2v) is 3.47. The van der Waals surface area contributed by atoms with Crippen molar-refractivity contribution in [3.05, 3.63) is 0 Å². The van der Waals surface area contributed by atoms with Crippen LogP contribution in [0.4, 0.5) is 4.39 Å². The van der Waals surface area contributed by atoms with Gasteiger partial charge in [0.2, 0.25) is 5.91 Å². The largest absolute Gasteiger partial charge is 0.395 e. The van der Waals surface area contributed by atoms with Gasteiger partial charge in [0.15, 0.2) is 6.17 Å². The molecular weight excluding hydrogens is 207 g/mol. The molecular formula is C8H15FN2O4. The zero-order valence-corrected chi connectivity index (χ0v) is 8.22. The molecule has 0 spiro atoms. The van der Waals surface area contributed by atoms with E-state index in [1.165, 1.54) is 7.05 Å². The highest BCUT2D eigenvalue weighted by molar-refractivity contribution is 5.82. The summed E-state index contributed by atoms with van der Waals surface area (Å²) < 4.78 is 13.3. The van der Waals surface area contributed by atoms with Crippen molar-refractivity contribution in [2.24, 2.45) is 0 Å². The predicted molar refractivity (Wildman–Crippen MR) is 48.8 cm³/mol. The lowest BCUT2D eigenvalue weighted by Crippen LogP contribution is -2.68. The quantitative estimate of drug-likeness (QED) is 0.345. The summed E-state index contributed by atoms with van der Waals surface area (Å²) in [7, 11) is 1.35. The number of aliphatic hydroxyl groups is 3. The topological polar surface area (TPSA) is 102 Å². The van der Waals surface area contributed by atoms with Crippen LogP contribution >= 0.6 is 0 Å². The van der Waals surface area contributed by atoms with Gasteiger partial charge >= 0.3 is 0 Å². The Bertz CT molecular complexity index is 239. The summed E-state index contributed by atoms with van der Waals surface area (Å²) in [5.74, 6) is -0.588. The summed E-state index contributed by atoms with van der Waals surface area (Å²) in [6, 6.07) is -2.11. The fourth-order valence-electron chi connectivity index (χ4n) is 1.58. The van der Waals surface area contributed by atoms with E-state index in [4.69, 9.17) is 5.11 Å². The first-order valence-electron chi connectivity index (χ1n) is 4.61. The van der Waals surface area contributed by atoms with Gasteiger partial charge in [-0.15, -0.1) is 0 Å². The van der Waals surface area contributed by atoms with Crippen molar-refractivity contribution in [1.82, 2.24) is 10.6 Å². The zero-order chi connectivity index (χ0) is 11.6. The molecule has 0 saturated carbocycles. The van der Waals surface area contributed by atoms with Crippen LogP contribution in [0.3, 0.4) is 0 Å². The smallest absolute Gasteiger partial charge is 0.239 e. The van der Waals surface area contributed by atoms with Gasteiger partial charge in [0.25, 0.3) is 0 Å². The molecule has 88 valence electrons. The molecule has 15 heavy (non-hydrogen) atoms. The lowest BCUT2D eigenvalue weighted by Gasteiger charge is -2.38. The first kappa shape index (κ1) is 12.3. The molecule has 0 aromatic rings. The number of hydrogen-bond donors (Lipinski definition) is 5. The van der Waals surface area contributed by atoms with E-state index in [0.29, 0.717) is 0 Å². The van der Waals surface area contributed by atoms with Crippen LogP contribution in [0.1, 0.15) is 0 Å². The molecule has 1 aliphatic rings. The third kappa shape index (κ3) is 2.25. The number of nitrogens with one attached hydrogen (secondary N) is 2. The van der Waals surface area contributed by atoms with E-state index in [1.807, 2.05) is 0 Å². The van der Waals surface area contributed by atoms with Crippen molar-refractivity contribution < 1.29 is 24.5 Å². The van der Waals surface area contributed by atoms with Gasteiger partial charge in [-0.1, -0.05) is 0 Å². The van der Waals surface area contributed by atoms with E-state index in [2.05, 4.69) is 10.6 Å². The monoisotopic (exact) mass is 222 g/mol. The lowest BCUT2D eigenvalue weighted by atomic mass is 9.91. The van der Waals surface area contributed by atoms with Gasteiger partial charge in [-0.2, -0.15) is 0 Å². The number of likely N-dealkylation sites (N-methyl/N-ethyl adjacent to an activating group) is 1. The Balaban J connectivity index is 2.78. The molecule has 1 rings (SSSR count). The molecule has 1 amide bonds. The third-order valence-corrected chi connectivity index (χ3v) is 2.53. The second kappa shape index (κ2) is 4.84. The predicted octanol–water partition coefficient (Wildman–Crippen LogP) is -2.87. The SMILES string of the molecule is CNC(=O)[C@H]1N[C@H](CO)[C@@H](O)[C@H](F)C1O. The van der Waals surface area contributed by atoms with Crippen LogP contribution in [0.15, 0.2) is 0 Å². The zero-order valence-electron chi connectivity index (χ0n) is 8.22. The van der Waals surface area contributed by atoms with Crippen LogP contribution in [0.25, 0.3) is 0 Å². The van der Waals surface area contributed by atoms with Gasteiger partial charge in [-0.25, -0.2) is 4.39 Å². The Morgan fingerprint density at radius 3 is 2.53 bits per heavy atom. The average molecular weight is 222 g/mol. The van der Waals surface area contributed by atoms with Crippen LogP contribution in [0, 0.1) is 0 Å². The van der Waals surface area contributed by atoms with Crippen molar-refractivity contribution in [2.45, 2.75) is 30.5 Å². The molecule has 0 aliphatic carbocycles. The number of amides is 1. The van der Waals surface area contributed by atoms with E-state index >= 15 is 0 Å². The lowest BCUT2D eigenvalue weighted by molar-refractivity contribution is -0.135. The van der Waals surface area contributed by atoms with Crippen LogP contribution in [0.2, 0.25) is 0 Å². The number of carbonyl (C=O) groups is 1. The van der Waals surface area contributed by atoms with Gasteiger partial charge in [-0.3, -0.25) is 10.1 Å². The summed E-state index contributed by atoms with van der Waals surface area (Å²) in [5.41, 5.74) is 0. The fraction of sp³-hybridized carbons (Fsp3) is 0.875. The second-order valence-electron chi connectivity index (χ2n) is 3.47. The summed E-state index contributed by atoms with van der Waals surface area (Å²) in [6.07, 6.45) is -5.10. The number of alkyl halides is 1. The van der Waals surface area contributed by atoms with Gasteiger partial charge in [0.1, 0.15) is 18.2 Å².